The maximum absolute atomic E-state index is 13.3. The Bertz CT molecular complexity index is 615. The molecule has 0 amide bonds. The fraction of sp³-hybridized carbons (Fsp3) is 0.143. The van der Waals surface area contributed by atoms with Gasteiger partial charge in [-0.3, -0.25) is 0 Å². The molecule has 2 aromatic carbocycles. The van der Waals surface area contributed by atoms with Gasteiger partial charge in [0.15, 0.2) is 0 Å². The van der Waals surface area contributed by atoms with Crippen molar-refractivity contribution in [1.29, 1.82) is 0 Å². The first-order valence-electron chi connectivity index (χ1n) is 5.61. The standard InChI is InChI=1S/C14H11Br2F2N/c1-8-4-13(18)11(16)6-14(8)19-7-9-2-3-12(17)10(15)5-9/h2-6,19H,7H2,1H3. The van der Waals surface area contributed by atoms with Crippen LogP contribution in [0.15, 0.2) is 39.3 Å². The molecule has 0 unspecified atom stereocenters. The van der Waals surface area contributed by atoms with Gasteiger partial charge in [0.25, 0.3) is 0 Å². The van der Waals surface area contributed by atoms with Gasteiger partial charge in [0.1, 0.15) is 11.6 Å². The monoisotopic (exact) mass is 389 g/mol. The van der Waals surface area contributed by atoms with Crippen LogP contribution in [0.3, 0.4) is 0 Å². The zero-order valence-corrected chi connectivity index (χ0v) is 13.3. The van der Waals surface area contributed by atoms with Crippen molar-refractivity contribution in [2.24, 2.45) is 0 Å². The van der Waals surface area contributed by atoms with Crippen LogP contribution >= 0.6 is 31.9 Å². The van der Waals surface area contributed by atoms with E-state index in [1.54, 1.807) is 18.2 Å². The first-order valence-corrected chi connectivity index (χ1v) is 7.19. The van der Waals surface area contributed by atoms with Gasteiger partial charge in [-0.2, -0.15) is 0 Å². The van der Waals surface area contributed by atoms with Crippen molar-refractivity contribution in [2.45, 2.75) is 13.5 Å². The second-order valence-corrected chi connectivity index (χ2v) is 5.89. The second kappa shape index (κ2) is 6.01. The zero-order valence-electron chi connectivity index (χ0n) is 10.1. The van der Waals surface area contributed by atoms with Crippen molar-refractivity contribution in [1.82, 2.24) is 0 Å². The summed E-state index contributed by atoms with van der Waals surface area (Å²) in [5.74, 6) is -0.572. The highest BCUT2D eigenvalue weighted by atomic mass is 79.9. The fourth-order valence-corrected chi connectivity index (χ4v) is 2.45. The van der Waals surface area contributed by atoms with Crippen LogP contribution in [0.5, 0.6) is 0 Å². The van der Waals surface area contributed by atoms with Crippen LogP contribution in [0.25, 0.3) is 0 Å². The Morgan fingerprint density at radius 1 is 1.00 bits per heavy atom. The average molecular weight is 391 g/mol. The van der Waals surface area contributed by atoms with E-state index >= 15 is 0 Å². The molecule has 0 fully saturated rings. The van der Waals surface area contributed by atoms with E-state index < -0.39 is 0 Å². The summed E-state index contributed by atoms with van der Waals surface area (Å²) in [4.78, 5) is 0. The Morgan fingerprint density at radius 3 is 2.37 bits per heavy atom. The van der Waals surface area contributed by atoms with Crippen LogP contribution in [-0.2, 0) is 6.54 Å². The van der Waals surface area contributed by atoms with E-state index in [9.17, 15) is 8.78 Å². The third-order valence-corrected chi connectivity index (χ3v) is 3.95. The van der Waals surface area contributed by atoms with E-state index in [1.807, 2.05) is 6.92 Å². The Labute approximate surface area is 127 Å². The van der Waals surface area contributed by atoms with Crippen molar-refractivity contribution in [2.75, 3.05) is 5.32 Å². The molecular weight excluding hydrogens is 380 g/mol. The molecule has 19 heavy (non-hydrogen) atoms. The second-order valence-electron chi connectivity index (χ2n) is 4.18. The number of halogens is 4. The molecule has 0 bridgehead atoms. The van der Waals surface area contributed by atoms with E-state index in [-0.39, 0.29) is 11.6 Å². The summed E-state index contributed by atoms with van der Waals surface area (Å²) >= 11 is 6.30. The molecule has 0 aliphatic rings. The van der Waals surface area contributed by atoms with Gasteiger partial charge in [-0.25, -0.2) is 8.78 Å². The summed E-state index contributed by atoms with van der Waals surface area (Å²) < 4.78 is 27.3. The van der Waals surface area contributed by atoms with Gasteiger partial charge in [-0.05, 0) is 74.2 Å². The zero-order chi connectivity index (χ0) is 14.0. The summed E-state index contributed by atoms with van der Waals surface area (Å²) in [7, 11) is 0. The lowest BCUT2D eigenvalue weighted by Crippen LogP contribution is -2.02. The van der Waals surface area contributed by atoms with E-state index in [2.05, 4.69) is 37.2 Å². The fourth-order valence-electron chi connectivity index (χ4n) is 1.68. The van der Waals surface area contributed by atoms with E-state index in [0.29, 0.717) is 15.5 Å². The van der Waals surface area contributed by atoms with Crippen molar-refractivity contribution in [3.05, 3.63) is 62.0 Å². The minimum absolute atomic E-state index is 0.285. The molecule has 0 aliphatic heterocycles. The summed E-state index contributed by atoms with van der Waals surface area (Å²) in [5, 5.41) is 3.20. The highest BCUT2D eigenvalue weighted by Crippen LogP contribution is 2.25. The lowest BCUT2D eigenvalue weighted by molar-refractivity contribution is 0.619. The molecule has 0 radical (unpaired) electrons. The Kier molecular flexibility index (Phi) is 4.58. The van der Waals surface area contributed by atoms with Crippen LogP contribution in [-0.4, -0.2) is 0 Å². The lowest BCUT2D eigenvalue weighted by atomic mass is 10.1. The van der Waals surface area contributed by atoms with Gasteiger partial charge in [0.2, 0.25) is 0 Å². The Balaban J connectivity index is 2.14. The summed E-state index contributed by atoms with van der Waals surface area (Å²) in [6, 6.07) is 8.00. The minimum atomic E-state index is -0.288. The number of rotatable bonds is 3. The molecule has 0 spiro atoms. The molecule has 1 N–H and O–H groups in total. The van der Waals surface area contributed by atoms with Gasteiger partial charge in [0.05, 0.1) is 8.95 Å². The SMILES string of the molecule is Cc1cc(F)c(Br)cc1NCc1ccc(F)c(Br)c1. The van der Waals surface area contributed by atoms with Gasteiger partial charge < -0.3 is 5.32 Å². The van der Waals surface area contributed by atoms with Crippen LogP contribution < -0.4 is 5.32 Å². The maximum Gasteiger partial charge on any atom is 0.137 e. The third kappa shape index (κ3) is 3.54. The lowest BCUT2D eigenvalue weighted by Gasteiger charge is -2.11. The largest absolute Gasteiger partial charge is 0.381 e. The van der Waals surface area contributed by atoms with Crippen molar-refractivity contribution in [3.63, 3.8) is 0 Å². The highest BCUT2D eigenvalue weighted by Gasteiger charge is 2.06. The van der Waals surface area contributed by atoms with Crippen molar-refractivity contribution in [3.8, 4) is 0 Å². The molecule has 1 nitrogen and oxygen atoms in total. The van der Waals surface area contributed by atoms with Gasteiger partial charge in [-0.1, -0.05) is 6.07 Å². The molecule has 0 heterocycles. The molecule has 0 saturated heterocycles. The predicted octanol–water partition coefficient (Wildman–Crippen LogP) is 5.41. The molecular formula is C14H11Br2F2N. The quantitative estimate of drug-likeness (QED) is 0.738. The minimum Gasteiger partial charge on any atom is -0.381 e. The van der Waals surface area contributed by atoms with Crippen LogP contribution in [0.2, 0.25) is 0 Å². The van der Waals surface area contributed by atoms with Crippen LogP contribution in [0.1, 0.15) is 11.1 Å². The molecule has 0 saturated carbocycles. The molecule has 5 heteroatoms. The molecule has 0 atom stereocenters. The van der Waals surface area contributed by atoms with E-state index in [4.69, 9.17) is 0 Å². The topological polar surface area (TPSA) is 12.0 Å². The Hall–Kier alpha value is -0.940. The highest BCUT2D eigenvalue weighted by molar-refractivity contribution is 9.10. The maximum atomic E-state index is 13.3. The number of benzene rings is 2. The molecule has 100 valence electrons. The number of hydrogen-bond acceptors (Lipinski definition) is 1. The Morgan fingerprint density at radius 2 is 1.68 bits per heavy atom. The molecule has 2 rings (SSSR count). The van der Waals surface area contributed by atoms with E-state index in [0.717, 1.165) is 16.8 Å². The van der Waals surface area contributed by atoms with Crippen LogP contribution in [0.4, 0.5) is 14.5 Å². The number of hydrogen-bond donors (Lipinski definition) is 1. The van der Waals surface area contributed by atoms with Crippen molar-refractivity contribution < 1.29 is 8.78 Å². The van der Waals surface area contributed by atoms with Crippen molar-refractivity contribution >= 4 is 37.5 Å². The van der Waals surface area contributed by atoms with Gasteiger partial charge in [0, 0.05) is 12.2 Å². The first-order chi connectivity index (χ1) is 8.97. The summed E-state index contributed by atoms with van der Waals surface area (Å²) in [6.45, 7) is 2.37. The van der Waals surface area contributed by atoms with E-state index in [1.165, 1.54) is 12.1 Å². The molecule has 0 aromatic heterocycles. The summed E-state index contributed by atoms with van der Waals surface area (Å²) in [6.07, 6.45) is 0. The number of aryl methyl sites for hydroxylation is 1. The smallest absolute Gasteiger partial charge is 0.137 e. The first kappa shape index (κ1) is 14.5. The van der Waals surface area contributed by atoms with Gasteiger partial charge in [-0.15, -0.1) is 0 Å². The molecule has 0 aliphatic carbocycles. The molecule has 2 aromatic rings. The van der Waals surface area contributed by atoms with Crippen LogP contribution in [0, 0.1) is 18.6 Å². The number of anilines is 1. The number of nitrogens with one attached hydrogen (secondary N) is 1. The normalized spacial score (nSPS) is 10.6. The average Bonchev–Trinajstić information content (AvgIpc) is 2.36. The van der Waals surface area contributed by atoms with Gasteiger partial charge >= 0.3 is 0 Å². The predicted molar refractivity (Wildman–Crippen MR) is 80.3 cm³/mol. The third-order valence-electron chi connectivity index (χ3n) is 2.73. The summed E-state index contributed by atoms with van der Waals surface area (Å²) in [5.41, 5.74) is 2.60.